The number of halogens is 3. The number of aryl methyl sites for hydroxylation is 1. The molecule has 21 heavy (non-hydrogen) atoms. The lowest BCUT2D eigenvalue weighted by Crippen LogP contribution is -2.35. The maximum Gasteiger partial charge on any atom is 0.416 e. The smallest absolute Gasteiger partial charge is 0.395 e. The van der Waals surface area contributed by atoms with E-state index in [9.17, 15) is 21.6 Å². The number of benzene rings is 1. The van der Waals surface area contributed by atoms with Gasteiger partial charge in [0.1, 0.15) is 0 Å². The highest BCUT2D eigenvalue weighted by Gasteiger charge is 2.39. The monoisotopic (exact) mass is 323 g/mol. The zero-order valence-corrected chi connectivity index (χ0v) is 12.2. The largest absolute Gasteiger partial charge is 0.416 e. The maximum absolute atomic E-state index is 12.9. The Morgan fingerprint density at radius 2 is 1.95 bits per heavy atom. The Kier molecular flexibility index (Phi) is 4.32. The maximum atomic E-state index is 12.9. The first-order valence-corrected chi connectivity index (χ1v) is 7.92. The molecule has 0 heterocycles. The van der Waals surface area contributed by atoms with E-state index in [0.717, 1.165) is 10.4 Å². The summed E-state index contributed by atoms with van der Waals surface area (Å²) in [6.07, 6.45) is -3.27. The van der Waals surface area contributed by atoms with Gasteiger partial charge in [-0.3, -0.25) is 0 Å². The van der Waals surface area contributed by atoms with Gasteiger partial charge in [-0.05, 0) is 37.5 Å². The number of aliphatic hydroxyl groups excluding tert-OH is 1. The topological polar surface area (TPSA) is 57.6 Å². The van der Waals surface area contributed by atoms with Gasteiger partial charge in [-0.1, -0.05) is 6.07 Å². The molecule has 1 fully saturated rings. The molecule has 0 bridgehead atoms. The average molecular weight is 323 g/mol. The Balaban J connectivity index is 2.45. The summed E-state index contributed by atoms with van der Waals surface area (Å²) in [7, 11) is -4.03. The summed E-state index contributed by atoms with van der Waals surface area (Å²) < 4.78 is 64.6. The van der Waals surface area contributed by atoms with Crippen molar-refractivity contribution in [2.45, 2.75) is 36.9 Å². The Bertz CT molecular complexity index is 624. The number of hydrogen-bond acceptors (Lipinski definition) is 3. The van der Waals surface area contributed by atoms with Crippen molar-refractivity contribution in [1.82, 2.24) is 4.31 Å². The van der Waals surface area contributed by atoms with Crippen LogP contribution in [0, 0.1) is 6.92 Å². The minimum Gasteiger partial charge on any atom is -0.395 e. The van der Waals surface area contributed by atoms with Crippen molar-refractivity contribution in [3.05, 3.63) is 29.3 Å². The van der Waals surface area contributed by atoms with Gasteiger partial charge in [-0.15, -0.1) is 0 Å². The van der Waals surface area contributed by atoms with Gasteiger partial charge < -0.3 is 5.11 Å². The zero-order valence-electron chi connectivity index (χ0n) is 11.4. The fourth-order valence-electron chi connectivity index (χ4n) is 2.16. The van der Waals surface area contributed by atoms with Gasteiger partial charge in [0.25, 0.3) is 0 Å². The van der Waals surface area contributed by atoms with E-state index < -0.39 is 21.8 Å². The normalized spacial score (nSPS) is 16.5. The fraction of sp³-hybridized carbons (Fsp3) is 0.538. The Morgan fingerprint density at radius 3 is 2.43 bits per heavy atom. The van der Waals surface area contributed by atoms with Gasteiger partial charge in [0.05, 0.1) is 17.1 Å². The van der Waals surface area contributed by atoms with Crippen molar-refractivity contribution in [3.8, 4) is 0 Å². The zero-order chi connectivity index (χ0) is 15.8. The SMILES string of the molecule is Cc1ccc(S(=O)(=O)N(CCO)C2CC2)cc1C(F)(F)F. The summed E-state index contributed by atoms with van der Waals surface area (Å²) in [5.74, 6) is 0. The highest BCUT2D eigenvalue weighted by molar-refractivity contribution is 7.89. The second kappa shape index (κ2) is 5.58. The molecule has 0 aliphatic heterocycles. The first-order valence-electron chi connectivity index (χ1n) is 6.48. The predicted molar refractivity (Wildman–Crippen MR) is 70.2 cm³/mol. The molecule has 8 heteroatoms. The molecule has 0 aromatic heterocycles. The molecule has 0 radical (unpaired) electrons. The van der Waals surface area contributed by atoms with Gasteiger partial charge in [-0.25, -0.2) is 8.42 Å². The van der Waals surface area contributed by atoms with Crippen LogP contribution in [0.25, 0.3) is 0 Å². The number of hydrogen-bond donors (Lipinski definition) is 1. The van der Waals surface area contributed by atoms with Crippen LogP contribution in [0.15, 0.2) is 23.1 Å². The lowest BCUT2D eigenvalue weighted by Gasteiger charge is -2.21. The second-order valence-corrected chi connectivity index (χ2v) is 6.94. The molecule has 0 saturated heterocycles. The summed E-state index contributed by atoms with van der Waals surface area (Å²) in [6.45, 7) is 0.807. The summed E-state index contributed by atoms with van der Waals surface area (Å²) in [5.41, 5.74) is -0.982. The van der Waals surface area contributed by atoms with Crippen molar-refractivity contribution in [3.63, 3.8) is 0 Å². The average Bonchev–Trinajstić information content (AvgIpc) is 3.18. The van der Waals surface area contributed by atoms with Crippen LogP contribution in [0.4, 0.5) is 13.2 Å². The Hall–Kier alpha value is -1.12. The van der Waals surface area contributed by atoms with E-state index in [1.165, 1.54) is 13.0 Å². The van der Waals surface area contributed by atoms with E-state index in [1.54, 1.807) is 0 Å². The molecule has 0 atom stereocenters. The van der Waals surface area contributed by atoms with Crippen LogP contribution in [-0.4, -0.2) is 37.0 Å². The molecule has 118 valence electrons. The number of nitrogens with zero attached hydrogens (tertiary/aromatic N) is 1. The van der Waals surface area contributed by atoms with Crippen LogP contribution < -0.4 is 0 Å². The molecule has 1 aromatic carbocycles. The molecule has 1 N–H and O–H groups in total. The van der Waals surface area contributed by atoms with Crippen LogP contribution in [-0.2, 0) is 16.2 Å². The van der Waals surface area contributed by atoms with E-state index in [-0.39, 0.29) is 29.7 Å². The van der Waals surface area contributed by atoms with E-state index in [2.05, 4.69) is 0 Å². The lowest BCUT2D eigenvalue weighted by molar-refractivity contribution is -0.138. The number of alkyl halides is 3. The third-order valence-electron chi connectivity index (χ3n) is 3.40. The van der Waals surface area contributed by atoms with Crippen molar-refractivity contribution < 1.29 is 26.7 Å². The van der Waals surface area contributed by atoms with Crippen LogP contribution in [0.1, 0.15) is 24.0 Å². The van der Waals surface area contributed by atoms with Gasteiger partial charge >= 0.3 is 6.18 Å². The summed E-state index contributed by atoms with van der Waals surface area (Å²) in [4.78, 5) is -0.388. The first kappa shape index (κ1) is 16.3. The number of aliphatic hydroxyl groups is 1. The van der Waals surface area contributed by atoms with Crippen LogP contribution >= 0.6 is 0 Å². The highest BCUT2D eigenvalue weighted by atomic mass is 32.2. The van der Waals surface area contributed by atoms with Crippen molar-refractivity contribution >= 4 is 10.0 Å². The Morgan fingerprint density at radius 1 is 1.33 bits per heavy atom. The second-order valence-electron chi connectivity index (χ2n) is 5.05. The van der Waals surface area contributed by atoms with E-state index in [0.29, 0.717) is 18.9 Å². The first-order chi connectivity index (χ1) is 9.67. The molecule has 0 amide bonds. The summed E-state index contributed by atoms with van der Waals surface area (Å²) in [5, 5.41) is 8.97. The molecule has 1 aromatic rings. The van der Waals surface area contributed by atoms with Crippen molar-refractivity contribution in [2.24, 2.45) is 0 Å². The minimum absolute atomic E-state index is 0.0263. The van der Waals surface area contributed by atoms with Crippen molar-refractivity contribution in [1.29, 1.82) is 0 Å². The third-order valence-corrected chi connectivity index (χ3v) is 5.34. The standard InChI is InChI=1S/C13H16F3NO3S/c1-9-2-5-11(8-12(9)13(14,15)16)21(19,20)17(6-7-18)10-3-4-10/h2,5,8,10,18H,3-4,6-7H2,1H3. The summed E-state index contributed by atoms with van der Waals surface area (Å²) in [6, 6.07) is 2.77. The predicted octanol–water partition coefficient (Wildman–Crippen LogP) is 2.16. The molecule has 0 unspecified atom stereocenters. The van der Waals surface area contributed by atoms with Crippen molar-refractivity contribution in [2.75, 3.05) is 13.2 Å². The molecule has 2 rings (SSSR count). The van der Waals surface area contributed by atoms with E-state index >= 15 is 0 Å². The summed E-state index contributed by atoms with van der Waals surface area (Å²) >= 11 is 0. The molecule has 1 aliphatic carbocycles. The quantitative estimate of drug-likeness (QED) is 0.903. The van der Waals surface area contributed by atoms with E-state index in [4.69, 9.17) is 5.11 Å². The number of sulfonamides is 1. The van der Waals surface area contributed by atoms with Gasteiger partial charge in [0.2, 0.25) is 10.0 Å². The minimum atomic E-state index is -4.60. The van der Waals surface area contributed by atoms with Gasteiger partial charge in [-0.2, -0.15) is 17.5 Å². The number of rotatable bonds is 5. The van der Waals surface area contributed by atoms with Crippen LogP contribution in [0.3, 0.4) is 0 Å². The molecule has 1 saturated carbocycles. The van der Waals surface area contributed by atoms with E-state index in [1.807, 2.05) is 0 Å². The molecule has 1 aliphatic rings. The van der Waals surface area contributed by atoms with Gasteiger partial charge in [0, 0.05) is 12.6 Å². The fourth-order valence-corrected chi connectivity index (χ4v) is 3.87. The molecular formula is C13H16F3NO3S. The van der Waals surface area contributed by atoms with Crippen LogP contribution in [0.5, 0.6) is 0 Å². The molecule has 4 nitrogen and oxygen atoms in total. The highest BCUT2D eigenvalue weighted by Crippen LogP contribution is 2.36. The third kappa shape index (κ3) is 3.38. The molecule has 0 spiro atoms. The Labute approximate surface area is 121 Å². The molecular weight excluding hydrogens is 307 g/mol. The van der Waals surface area contributed by atoms with Crippen LogP contribution in [0.2, 0.25) is 0 Å². The van der Waals surface area contributed by atoms with Gasteiger partial charge in [0.15, 0.2) is 0 Å². The lowest BCUT2D eigenvalue weighted by atomic mass is 10.1.